The van der Waals surface area contributed by atoms with E-state index in [9.17, 15) is 5.11 Å². The van der Waals surface area contributed by atoms with Gasteiger partial charge >= 0.3 is 0 Å². The number of aromatic nitrogens is 4. The molecule has 1 unspecified atom stereocenters. The van der Waals surface area contributed by atoms with Gasteiger partial charge in [-0.25, -0.2) is 20.8 Å². The molecule has 80 valence electrons. The molecule has 0 fully saturated rings. The van der Waals surface area contributed by atoms with E-state index >= 15 is 0 Å². The monoisotopic (exact) mass is 208 g/mol. The molecule has 1 atom stereocenters. The Balaban J connectivity index is 2.51. The van der Waals surface area contributed by atoms with Gasteiger partial charge in [0.1, 0.15) is 6.33 Å². The second-order valence-electron chi connectivity index (χ2n) is 3.28. The Morgan fingerprint density at radius 1 is 1.53 bits per heavy atom. The highest BCUT2D eigenvalue weighted by Gasteiger charge is 2.09. The third kappa shape index (κ3) is 1.74. The molecule has 15 heavy (non-hydrogen) atoms. The van der Waals surface area contributed by atoms with Crippen LogP contribution in [0.4, 0.5) is 5.82 Å². The second-order valence-corrected chi connectivity index (χ2v) is 3.28. The van der Waals surface area contributed by atoms with Crippen molar-refractivity contribution in [1.82, 2.24) is 19.5 Å². The summed E-state index contributed by atoms with van der Waals surface area (Å²) in [6.07, 6.45) is 2.55. The van der Waals surface area contributed by atoms with Crippen molar-refractivity contribution in [2.45, 2.75) is 19.6 Å². The first kappa shape index (κ1) is 9.81. The number of nitrogens with zero attached hydrogens (tertiary/aromatic N) is 4. The predicted octanol–water partition coefficient (Wildman–Crippen LogP) is -0.507. The van der Waals surface area contributed by atoms with Crippen molar-refractivity contribution in [2.24, 2.45) is 5.84 Å². The van der Waals surface area contributed by atoms with Gasteiger partial charge in [-0.3, -0.25) is 0 Å². The van der Waals surface area contributed by atoms with Crippen LogP contribution in [0.25, 0.3) is 11.2 Å². The highest BCUT2D eigenvalue weighted by Crippen LogP contribution is 2.16. The smallest absolute Gasteiger partial charge is 0.171 e. The Morgan fingerprint density at radius 2 is 2.33 bits per heavy atom. The van der Waals surface area contributed by atoms with Gasteiger partial charge in [0.2, 0.25) is 0 Å². The van der Waals surface area contributed by atoms with Gasteiger partial charge in [0.05, 0.1) is 19.0 Å². The number of anilines is 1. The van der Waals surface area contributed by atoms with Gasteiger partial charge in [-0.2, -0.15) is 0 Å². The first-order chi connectivity index (χ1) is 7.22. The molecule has 2 heterocycles. The van der Waals surface area contributed by atoms with E-state index in [0.717, 1.165) is 0 Å². The molecule has 7 heteroatoms. The zero-order chi connectivity index (χ0) is 10.8. The van der Waals surface area contributed by atoms with Crippen molar-refractivity contribution >= 4 is 17.0 Å². The topological polar surface area (TPSA) is 102 Å². The number of fused-ring (bicyclic) bond motifs is 1. The Labute approximate surface area is 85.9 Å². The Bertz CT molecular complexity index is 465. The molecule has 0 amide bonds. The predicted molar refractivity (Wildman–Crippen MR) is 54.8 cm³/mol. The fourth-order valence-electron chi connectivity index (χ4n) is 1.40. The molecule has 7 nitrogen and oxygen atoms in total. The number of aliphatic hydroxyl groups is 1. The molecule has 0 saturated heterocycles. The van der Waals surface area contributed by atoms with E-state index in [4.69, 9.17) is 5.84 Å². The molecule has 0 aromatic carbocycles. The molecule has 0 radical (unpaired) electrons. The maximum absolute atomic E-state index is 9.28. The van der Waals surface area contributed by atoms with Crippen LogP contribution in [0.15, 0.2) is 12.7 Å². The number of imidazole rings is 1. The van der Waals surface area contributed by atoms with E-state index in [0.29, 0.717) is 23.5 Å². The summed E-state index contributed by atoms with van der Waals surface area (Å²) in [4.78, 5) is 12.1. The molecule has 2 aromatic rings. The third-order valence-electron chi connectivity index (χ3n) is 2.00. The SMILES string of the molecule is CC(O)Cn1cnc2c(NN)ncnc21. The number of hydrogen-bond donors (Lipinski definition) is 3. The molecule has 0 aliphatic rings. The van der Waals surface area contributed by atoms with Crippen molar-refractivity contribution in [1.29, 1.82) is 0 Å². The van der Waals surface area contributed by atoms with Crippen LogP contribution >= 0.6 is 0 Å². The summed E-state index contributed by atoms with van der Waals surface area (Å²) in [6.45, 7) is 2.15. The maximum Gasteiger partial charge on any atom is 0.171 e. The Morgan fingerprint density at radius 3 is 3.00 bits per heavy atom. The summed E-state index contributed by atoms with van der Waals surface area (Å²) in [5, 5.41) is 9.28. The van der Waals surface area contributed by atoms with Crippen LogP contribution in [0.2, 0.25) is 0 Å². The lowest BCUT2D eigenvalue weighted by Crippen LogP contribution is -2.12. The van der Waals surface area contributed by atoms with E-state index in [1.54, 1.807) is 17.8 Å². The van der Waals surface area contributed by atoms with Gasteiger partial charge in [0.25, 0.3) is 0 Å². The van der Waals surface area contributed by atoms with E-state index < -0.39 is 6.10 Å². The van der Waals surface area contributed by atoms with E-state index in [1.807, 2.05) is 0 Å². The Hall–Kier alpha value is -1.73. The lowest BCUT2D eigenvalue weighted by molar-refractivity contribution is 0.175. The summed E-state index contributed by atoms with van der Waals surface area (Å²) in [5.74, 6) is 5.76. The average molecular weight is 208 g/mol. The zero-order valence-corrected chi connectivity index (χ0v) is 8.25. The summed E-state index contributed by atoms with van der Waals surface area (Å²) in [7, 11) is 0. The largest absolute Gasteiger partial charge is 0.392 e. The summed E-state index contributed by atoms with van der Waals surface area (Å²) in [5.41, 5.74) is 3.70. The van der Waals surface area contributed by atoms with Crippen molar-refractivity contribution in [2.75, 3.05) is 5.43 Å². The third-order valence-corrected chi connectivity index (χ3v) is 2.00. The molecule has 0 bridgehead atoms. The number of hydrazine groups is 1. The molecule has 0 aliphatic heterocycles. The van der Waals surface area contributed by atoms with Gasteiger partial charge in [-0.15, -0.1) is 0 Å². The minimum atomic E-state index is -0.452. The lowest BCUT2D eigenvalue weighted by atomic mass is 10.4. The van der Waals surface area contributed by atoms with Crippen LogP contribution < -0.4 is 11.3 Å². The molecule has 2 aromatic heterocycles. The molecule has 2 rings (SSSR count). The Kier molecular flexibility index (Phi) is 2.48. The highest BCUT2D eigenvalue weighted by atomic mass is 16.3. The number of hydrogen-bond acceptors (Lipinski definition) is 6. The number of nitrogen functional groups attached to an aromatic ring is 1. The zero-order valence-electron chi connectivity index (χ0n) is 8.25. The van der Waals surface area contributed by atoms with Crippen molar-refractivity contribution in [3.63, 3.8) is 0 Å². The highest BCUT2D eigenvalue weighted by molar-refractivity contribution is 5.82. The van der Waals surface area contributed by atoms with Gasteiger partial charge in [-0.1, -0.05) is 0 Å². The van der Waals surface area contributed by atoms with Gasteiger partial charge in [0.15, 0.2) is 17.0 Å². The molecular formula is C8H12N6O. The average Bonchev–Trinajstić information content (AvgIpc) is 2.61. The summed E-state index contributed by atoms with van der Waals surface area (Å²) >= 11 is 0. The number of rotatable bonds is 3. The van der Waals surface area contributed by atoms with Gasteiger partial charge in [-0.05, 0) is 6.92 Å². The van der Waals surface area contributed by atoms with Crippen LogP contribution in [-0.2, 0) is 6.54 Å². The minimum Gasteiger partial charge on any atom is -0.392 e. The molecule has 0 saturated carbocycles. The van der Waals surface area contributed by atoms with Crippen molar-refractivity contribution in [3.05, 3.63) is 12.7 Å². The lowest BCUT2D eigenvalue weighted by Gasteiger charge is -2.05. The van der Waals surface area contributed by atoms with E-state index in [2.05, 4.69) is 20.4 Å². The van der Waals surface area contributed by atoms with Crippen LogP contribution in [0.5, 0.6) is 0 Å². The molecular weight excluding hydrogens is 196 g/mol. The number of nitrogens with two attached hydrogens (primary N) is 1. The molecule has 0 spiro atoms. The summed E-state index contributed by atoms with van der Waals surface area (Å²) in [6, 6.07) is 0. The maximum atomic E-state index is 9.28. The van der Waals surface area contributed by atoms with Crippen molar-refractivity contribution in [3.8, 4) is 0 Å². The van der Waals surface area contributed by atoms with E-state index in [-0.39, 0.29) is 0 Å². The van der Waals surface area contributed by atoms with Crippen LogP contribution in [0.1, 0.15) is 6.92 Å². The van der Waals surface area contributed by atoms with Crippen LogP contribution in [0.3, 0.4) is 0 Å². The van der Waals surface area contributed by atoms with Crippen LogP contribution in [0, 0.1) is 0 Å². The molecule has 4 N–H and O–H groups in total. The van der Waals surface area contributed by atoms with Crippen LogP contribution in [-0.4, -0.2) is 30.7 Å². The summed E-state index contributed by atoms with van der Waals surface area (Å²) < 4.78 is 1.75. The fourth-order valence-corrected chi connectivity index (χ4v) is 1.40. The quantitative estimate of drug-likeness (QED) is 0.464. The number of aliphatic hydroxyl groups excluding tert-OH is 1. The fraction of sp³-hybridized carbons (Fsp3) is 0.375. The standard InChI is InChI=1S/C8H12N6O/c1-5(15)2-14-4-12-6-7(13-9)10-3-11-8(6)14/h3-5,15H,2,9H2,1H3,(H,10,11,13). The first-order valence-corrected chi connectivity index (χ1v) is 4.53. The second kappa shape index (κ2) is 3.79. The number of nitrogens with one attached hydrogen (secondary N) is 1. The molecule has 0 aliphatic carbocycles. The minimum absolute atomic E-state index is 0.442. The normalized spacial score (nSPS) is 13.0. The van der Waals surface area contributed by atoms with Gasteiger partial charge < -0.3 is 15.1 Å². The van der Waals surface area contributed by atoms with Gasteiger partial charge in [0, 0.05) is 0 Å². The first-order valence-electron chi connectivity index (χ1n) is 4.53. The van der Waals surface area contributed by atoms with E-state index in [1.165, 1.54) is 6.33 Å². The van der Waals surface area contributed by atoms with Crippen molar-refractivity contribution < 1.29 is 5.11 Å².